The number of nitrogens with one attached hydrogen (secondary N) is 1. The highest BCUT2D eigenvalue weighted by atomic mass is 35.5. The zero-order valence-corrected chi connectivity index (χ0v) is 10.2. The second-order valence-corrected chi connectivity index (χ2v) is 4.18. The van der Waals surface area contributed by atoms with E-state index in [2.05, 4.69) is 10.3 Å². The van der Waals surface area contributed by atoms with Gasteiger partial charge in [0.05, 0.1) is 11.8 Å². The summed E-state index contributed by atoms with van der Waals surface area (Å²) < 4.78 is 0. The molecule has 1 aromatic carbocycles. The van der Waals surface area contributed by atoms with Crippen molar-refractivity contribution in [1.82, 2.24) is 10.3 Å². The highest BCUT2D eigenvalue weighted by Gasteiger charge is 2.06. The molecule has 2 aromatic rings. The average molecular weight is 263 g/mol. The van der Waals surface area contributed by atoms with Gasteiger partial charge in [0.1, 0.15) is 5.75 Å². The number of amides is 1. The van der Waals surface area contributed by atoms with Crippen molar-refractivity contribution in [2.24, 2.45) is 0 Å². The van der Waals surface area contributed by atoms with Crippen LogP contribution in [0.25, 0.3) is 0 Å². The third-order valence-electron chi connectivity index (χ3n) is 2.33. The molecule has 0 aliphatic rings. The maximum absolute atomic E-state index is 11.8. The van der Waals surface area contributed by atoms with Gasteiger partial charge in [-0.25, -0.2) is 0 Å². The largest absolute Gasteiger partial charge is 0.506 e. The average Bonchev–Trinajstić information content (AvgIpc) is 2.36. The summed E-state index contributed by atoms with van der Waals surface area (Å²) in [6, 6.07) is 8.60. The number of hydrogen-bond acceptors (Lipinski definition) is 3. The molecule has 2 N–H and O–H groups in total. The quantitative estimate of drug-likeness (QED) is 0.893. The lowest BCUT2D eigenvalue weighted by atomic mass is 10.2. The fourth-order valence-corrected chi connectivity index (χ4v) is 1.70. The predicted octanol–water partition coefficient (Wildman–Crippen LogP) is 2.37. The molecule has 18 heavy (non-hydrogen) atoms. The topological polar surface area (TPSA) is 62.2 Å². The number of benzene rings is 1. The van der Waals surface area contributed by atoms with E-state index in [1.54, 1.807) is 12.1 Å². The van der Waals surface area contributed by atoms with Gasteiger partial charge >= 0.3 is 0 Å². The van der Waals surface area contributed by atoms with Crippen molar-refractivity contribution in [3.05, 3.63) is 58.9 Å². The highest BCUT2D eigenvalue weighted by molar-refractivity contribution is 6.30. The summed E-state index contributed by atoms with van der Waals surface area (Å²) in [6.07, 6.45) is 2.67. The Hall–Kier alpha value is -2.07. The Labute approximate surface area is 109 Å². The van der Waals surface area contributed by atoms with E-state index >= 15 is 0 Å². The molecule has 0 spiro atoms. The van der Waals surface area contributed by atoms with E-state index in [0.717, 1.165) is 5.56 Å². The van der Waals surface area contributed by atoms with Gasteiger partial charge in [-0.15, -0.1) is 0 Å². The first-order valence-corrected chi connectivity index (χ1v) is 5.69. The van der Waals surface area contributed by atoms with Crippen LogP contribution >= 0.6 is 11.6 Å². The first-order chi connectivity index (χ1) is 8.65. The van der Waals surface area contributed by atoms with Gasteiger partial charge in [0, 0.05) is 17.8 Å². The smallest absolute Gasteiger partial charge is 0.253 e. The summed E-state index contributed by atoms with van der Waals surface area (Å²) in [5, 5.41) is 12.6. The minimum absolute atomic E-state index is 0.0367. The lowest BCUT2D eigenvalue weighted by Gasteiger charge is -2.05. The maximum atomic E-state index is 11.8. The van der Waals surface area contributed by atoms with Crippen molar-refractivity contribution in [2.45, 2.75) is 6.54 Å². The molecule has 0 aliphatic carbocycles. The van der Waals surface area contributed by atoms with Crippen LogP contribution in [0.1, 0.15) is 15.9 Å². The van der Waals surface area contributed by atoms with E-state index in [9.17, 15) is 9.90 Å². The third-order valence-corrected chi connectivity index (χ3v) is 2.56. The molecule has 0 bridgehead atoms. The van der Waals surface area contributed by atoms with Crippen molar-refractivity contribution in [2.75, 3.05) is 0 Å². The minimum Gasteiger partial charge on any atom is -0.506 e. The van der Waals surface area contributed by atoms with E-state index < -0.39 is 0 Å². The Morgan fingerprint density at radius 3 is 2.89 bits per heavy atom. The van der Waals surface area contributed by atoms with Crippen molar-refractivity contribution < 1.29 is 9.90 Å². The van der Waals surface area contributed by atoms with Gasteiger partial charge in [0.25, 0.3) is 5.91 Å². The van der Waals surface area contributed by atoms with Crippen LogP contribution in [0.4, 0.5) is 0 Å². The molecule has 0 atom stereocenters. The summed E-state index contributed by atoms with van der Waals surface area (Å²) in [6.45, 7) is 0.370. The van der Waals surface area contributed by atoms with Crippen molar-refractivity contribution in [1.29, 1.82) is 0 Å². The van der Waals surface area contributed by atoms with Gasteiger partial charge in [0.2, 0.25) is 0 Å². The van der Waals surface area contributed by atoms with Crippen LogP contribution in [0.15, 0.2) is 42.7 Å². The summed E-state index contributed by atoms with van der Waals surface area (Å²) in [4.78, 5) is 15.5. The number of hydrogen-bond donors (Lipinski definition) is 2. The lowest BCUT2D eigenvalue weighted by molar-refractivity contribution is 0.0950. The van der Waals surface area contributed by atoms with Crippen LogP contribution < -0.4 is 5.32 Å². The van der Waals surface area contributed by atoms with Gasteiger partial charge in [-0.3, -0.25) is 9.78 Å². The van der Waals surface area contributed by atoms with E-state index in [1.165, 1.54) is 18.5 Å². The standard InChI is InChI=1S/C13H11ClN2O2/c14-11-3-1-2-9(4-11)6-16-13(18)10-5-12(17)8-15-7-10/h1-5,7-8,17H,6H2,(H,16,18). The fourth-order valence-electron chi connectivity index (χ4n) is 1.48. The van der Waals surface area contributed by atoms with Crippen molar-refractivity contribution in [3.8, 4) is 5.75 Å². The van der Waals surface area contributed by atoms with E-state index in [1.807, 2.05) is 12.1 Å². The molecule has 0 fully saturated rings. The Kier molecular flexibility index (Phi) is 3.79. The number of halogens is 1. The first-order valence-electron chi connectivity index (χ1n) is 5.32. The maximum Gasteiger partial charge on any atom is 0.253 e. The summed E-state index contributed by atoms with van der Waals surface area (Å²) >= 11 is 5.84. The Bertz CT molecular complexity index is 572. The Morgan fingerprint density at radius 2 is 2.17 bits per heavy atom. The number of rotatable bonds is 3. The van der Waals surface area contributed by atoms with Crippen LogP contribution in [0.2, 0.25) is 5.02 Å². The first kappa shape index (κ1) is 12.4. The van der Waals surface area contributed by atoms with E-state index in [-0.39, 0.29) is 11.7 Å². The molecular formula is C13H11ClN2O2. The number of pyridine rings is 1. The van der Waals surface area contributed by atoms with Crippen molar-refractivity contribution >= 4 is 17.5 Å². The number of aromatic hydroxyl groups is 1. The van der Waals surface area contributed by atoms with E-state index in [0.29, 0.717) is 17.1 Å². The number of aromatic nitrogens is 1. The molecule has 0 aliphatic heterocycles. The number of nitrogens with zero attached hydrogens (tertiary/aromatic N) is 1. The van der Waals surface area contributed by atoms with Crippen molar-refractivity contribution in [3.63, 3.8) is 0 Å². The molecule has 0 radical (unpaired) electrons. The monoisotopic (exact) mass is 262 g/mol. The molecule has 4 nitrogen and oxygen atoms in total. The zero-order valence-electron chi connectivity index (χ0n) is 9.43. The molecule has 0 saturated heterocycles. The molecule has 1 aromatic heterocycles. The molecule has 1 heterocycles. The van der Waals surface area contributed by atoms with Crippen LogP contribution in [0.3, 0.4) is 0 Å². The molecular weight excluding hydrogens is 252 g/mol. The van der Waals surface area contributed by atoms with Crippen LogP contribution in [0.5, 0.6) is 5.75 Å². The highest BCUT2D eigenvalue weighted by Crippen LogP contribution is 2.11. The van der Waals surface area contributed by atoms with Crippen LogP contribution in [0, 0.1) is 0 Å². The summed E-state index contributed by atoms with van der Waals surface area (Å²) in [5.41, 5.74) is 1.22. The fraction of sp³-hybridized carbons (Fsp3) is 0.0769. The Balaban J connectivity index is 2.00. The number of carbonyl (C=O) groups excluding carboxylic acids is 1. The molecule has 0 saturated carbocycles. The van der Waals surface area contributed by atoms with Crippen LogP contribution in [-0.4, -0.2) is 16.0 Å². The third kappa shape index (κ3) is 3.21. The van der Waals surface area contributed by atoms with Gasteiger partial charge < -0.3 is 10.4 Å². The molecule has 1 amide bonds. The normalized spacial score (nSPS) is 10.1. The number of carbonyl (C=O) groups is 1. The second-order valence-electron chi connectivity index (χ2n) is 3.74. The summed E-state index contributed by atoms with van der Waals surface area (Å²) in [5.74, 6) is -0.330. The van der Waals surface area contributed by atoms with E-state index in [4.69, 9.17) is 11.6 Å². The predicted molar refractivity (Wildman–Crippen MR) is 68.5 cm³/mol. The molecule has 0 unspecified atom stereocenters. The molecule has 2 rings (SSSR count). The van der Waals surface area contributed by atoms with Crippen LogP contribution in [-0.2, 0) is 6.54 Å². The Morgan fingerprint density at radius 1 is 1.33 bits per heavy atom. The van der Waals surface area contributed by atoms with Gasteiger partial charge in [0.15, 0.2) is 0 Å². The molecule has 5 heteroatoms. The lowest BCUT2D eigenvalue weighted by Crippen LogP contribution is -2.22. The van der Waals surface area contributed by atoms with Gasteiger partial charge in [-0.05, 0) is 23.8 Å². The second kappa shape index (κ2) is 5.51. The zero-order chi connectivity index (χ0) is 13.0. The minimum atomic E-state index is -0.293. The SMILES string of the molecule is O=C(NCc1cccc(Cl)c1)c1cncc(O)c1. The molecule has 92 valence electrons. The van der Waals surface area contributed by atoms with Gasteiger partial charge in [-0.2, -0.15) is 0 Å². The summed E-state index contributed by atoms with van der Waals surface area (Å²) in [7, 11) is 0. The van der Waals surface area contributed by atoms with Gasteiger partial charge in [-0.1, -0.05) is 23.7 Å².